The summed E-state index contributed by atoms with van der Waals surface area (Å²) in [6.45, 7) is -0.518. The first-order valence-electron chi connectivity index (χ1n) is 5.91. The van der Waals surface area contributed by atoms with Crippen molar-refractivity contribution in [3.05, 3.63) is 27.2 Å². The fraction of sp³-hybridized carbons (Fsp3) is 0.364. The van der Waals surface area contributed by atoms with Crippen molar-refractivity contribution in [1.82, 2.24) is 24.0 Å². The van der Waals surface area contributed by atoms with Gasteiger partial charge in [0.05, 0.1) is 0 Å². The Labute approximate surface area is 117 Å². The third-order valence-electron chi connectivity index (χ3n) is 2.91. The normalized spacial score (nSPS) is 10.6. The predicted molar refractivity (Wildman–Crippen MR) is 70.4 cm³/mol. The molecule has 0 aliphatic carbocycles. The van der Waals surface area contributed by atoms with Crippen molar-refractivity contribution in [2.75, 3.05) is 6.54 Å². The number of carbonyl (C=O) groups excluding carboxylic acids is 2. The predicted octanol–water partition coefficient (Wildman–Crippen LogP) is -2.32. The lowest BCUT2D eigenvalue weighted by Gasteiger charge is -2.07. The number of ether oxygens (including phenoxy) is 1. The molecule has 0 radical (unpaired) electrons. The molecule has 0 aliphatic heterocycles. The molecule has 10 heteroatoms. The Bertz CT molecular complexity index is 815. The Morgan fingerprint density at radius 1 is 1.38 bits per heavy atom. The Morgan fingerprint density at radius 2 is 2.10 bits per heavy atom. The summed E-state index contributed by atoms with van der Waals surface area (Å²) in [4.78, 5) is 49.2. The van der Waals surface area contributed by atoms with E-state index >= 15 is 0 Å². The molecule has 0 bridgehead atoms. The SMILES string of the molecule is Cn1c(=O)c2c(ncn2COC(=O)CNC=O)n(C)c1=O. The van der Waals surface area contributed by atoms with Gasteiger partial charge in [0.25, 0.3) is 5.56 Å². The lowest BCUT2D eigenvalue weighted by atomic mass is 10.5. The van der Waals surface area contributed by atoms with Crippen LogP contribution in [0.3, 0.4) is 0 Å². The molecule has 1 N–H and O–H groups in total. The number of aryl methyl sites for hydroxylation is 1. The largest absolute Gasteiger partial charge is 0.443 e. The average Bonchev–Trinajstić information content (AvgIpc) is 2.90. The van der Waals surface area contributed by atoms with Crippen LogP contribution in [0.1, 0.15) is 0 Å². The molecule has 21 heavy (non-hydrogen) atoms. The third-order valence-corrected chi connectivity index (χ3v) is 2.91. The van der Waals surface area contributed by atoms with E-state index in [2.05, 4.69) is 10.3 Å². The lowest BCUT2D eigenvalue weighted by molar-refractivity contribution is -0.146. The first kappa shape index (κ1) is 14.5. The zero-order chi connectivity index (χ0) is 15.6. The molecule has 0 aliphatic rings. The molecule has 0 aromatic carbocycles. The number of amides is 1. The van der Waals surface area contributed by atoms with Gasteiger partial charge in [-0.15, -0.1) is 0 Å². The van der Waals surface area contributed by atoms with Crippen LogP contribution in [-0.2, 0) is 35.2 Å². The second kappa shape index (κ2) is 5.61. The van der Waals surface area contributed by atoms with Gasteiger partial charge in [-0.1, -0.05) is 0 Å². The van der Waals surface area contributed by atoms with E-state index in [0.717, 1.165) is 4.57 Å². The number of nitrogens with zero attached hydrogens (tertiary/aromatic N) is 4. The van der Waals surface area contributed by atoms with Crippen molar-refractivity contribution in [3.63, 3.8) is 0 Å². The van der Waals surface area contributed by atoms with Crippen molar-refractivity contribution in [2.24, 2.45) is 14.1 Å². The number of hydrogen-bond acceptors (Lipinski definition) is 6. The minimum absolute atomic E-state index is 0.149. The van der Waals surface area contributed by atoms with Crippen LogP contribution in [0.4, 0.5) is 0 Å². The number of hydrogen-bond donors (Lipinski definition) is 1. The van der Waals surface area contributed by atoms with Crippen LogP contribution < -0.4 is 16.6 Å². The van der Waals surface area contributed by atoms with E-state index in [0.29, 0.717) is 6.41 Å². The molecule has 2 heterocycles. The topological polar surface area (TPSA) is 117 Å². The minimum atomic E-state index is -0.661. The van der Waals surface area contributed by atoms with Crippen LogP contribution in [0, 0.1) is 0 Å². The van der Waals surface area contributed by atoms with Gasteiger partial charge >= 0.3 is 11.7 Å². The highest BCUT2D eigenvalue weighted by atomic mass is 16.5. The standard InChI is InChI=1S/C11H13N5O5/c1-14-9-8(10(19)15(2)11(14)20)16(4-13-9)6-21-7(18)3-12-5-17/h4-5H,3,6H2,1-2H3,(H,12,17). The van der Waals surface area contributed by atoms with Crippen LogP contribution in [0.5, 0.6) is 0 Å². The number of rotatable bonds is 5. The number of imidazole rings is 1. The first-order valence-corrected chi connectivity index (χ1v) is 5.91. The Kier molecular flexibility index (Phi) is 3.87. The summed E-state index contributed by atoms with van der Waals surface area (Å²) in [5, 5.41) is 2.16. The van der Waals surface area contributed by atoms with Gasteiger partial charge in [-0.3, -0.25) is 28.1 Å². The summed E-state index contributed by atoms with van der Waals surface area (Å²) < 4.78 is 8.37. The molecule has 10 nitrogen and oxygen atoms in total. The molecule has 0 saturated heterocycles. The second-order valence-electron chi connectivity index (χ2n) is 4.24. The number of fused-ring (bicyclic) bond motifs is 1. The highest BCUT2D eigenvalue weighted by Crippen LogP contribution is 2.05. The Hall–Kier alpha value is -2.91. The van der Waals surface area contributed by atoms with E-state index in [1.807, 2.05) is 0 Å². The van der Waals surface area contributed by atoms with E-state index in [4.69, 9.17) is 4.74 Å². The van der Waals surface area contributed by atoms with Gasteiger partial charge in [-0.05, 0) is 0 Å². The van der Waals surface area contributed by atoms with Gasteiger partial charge in [0.1, 0.15) is 12.9 Å². The number of nitrogens with one attached hydrogen (secondary N) is 1. The molecule has 0 saturated carbocycles. The van der Waals surface area contributed by atoms with E-state index in [1.165, 1.54) is 29.6 Å². The number of esters is 1. The molecule has 1 amide bonds. The quantitative estimate of drug-likeness (QED) is 0.489. The van der Waals surface area contributed by atoms with E-state index < -0.39 is 17.2 Å². The summed E-state index contributed by atoms with van der Waals surface area (Å²) in [6, 6.07) is 0. The molecular weight excluding hydrogens is 282 g/mol. The molecule has 2 aromatic heterocycles. The van der Waals surface area contributed by atoms with Crippen LogP contribution >= 0.6 is 0 Å². The summed E-state index contributed by atoms with van der Waals surface area (Å²) >= 11 is 0. The lowest BCUT2D eigenvalue weighted by Crippen LogP contribution is -2.37. The van der Waals surface area contributed by atoms with Crippen molar-refractivity contribution < 1.29 is 14.3 Å². The molecule has 0 fully saturated rings. The van der Waals surface area contributed by atoms with Gasteiger partial charge in [0.15, 0.2) is 17.9 Å². The molecule has 0 atom stereocenters. The maximum absolute atomic E-state index is 12.1. The highest BCUT2D eigenvalue weighted by Gasteiger charge is 2.14. The smallest absolute Gasteiger partial charge is 0.332 e. The fourth-order valence-corrected chi connectivity index (χ4v) is 1.81. The van der Waals surface area contributed by atoms with E-state index in [1.54, 1.807) is 0 Å². The van der Waals surface area contributed by atoms with Crippen molar-refractivity contribution in [3.8, 4) is 0 Å². The second-order valence-corrected chi connectivity index (χ2v) is 4.24. The first-order chi connectivity index (χ1) is 9.97. The van der Waals surface area contributed by atoms with Gasteiger partial charge in [-0.25, -0.2) is 9.78 Å². The van der Waals surface area contributed by atoms with Gasteiger partial charge < -0.3 is 10.1 Å². The monoisotopic (exact) mass is 295 g/mol. The summed E-state index contributed by atoms with van der Waals surface area (Å²) in [7, 11) is 2.84. The minimum Gasteiger partial charge on any atom is -0.443 e. The summed E-state index contributed by atoms with van der Waals surface area (Å²) in [5.41, 5.74) is -0.682. The maximum Gasteiger partial charge on any atom is 0.332 e. The Balaban J connectivity index is 2.35. The van der Waals surface area contributed by atoms with Crippen LogP contribution in [0.25, 0.3) is 11.2 Å². The zero-order valence-electron chi connectivity index (χ0n) is 11.4. The summed E-state index contributed by atoms with van der Waals surface area (Å²) in [6.07, 6.45) is 1.67. The third kappa shape index (κ3) is 2.55. The van der Waals surface area contributed by atoms with E-state index in [9.17, 15) is 19.2 Å². The van der Waals surface area contributed by atoms with Crippen molar-refractivity contribution >= 4 is 23.5 Å². The van der Waals surface area contributed by atoms with Gasteiger partial charge in [-0.2, -0.15) is 0 Å². The molecule has 2 aromatic rings. The van der Waals surface area contributed by atoms with Gasteiger partial charge in [0, 0.05) is 14.1 Å². The molecule has 0 spiro atoms. The Morgan fingerprint density at radius 3 is 2.76 bits per heavy atom. The van der Waals surface area contributed by atoms with Crippen molar-refractivity contribution in [1.29, 1.82) is 0 Å². The zero-order valence-corrected chi connectivity index (χ0v) is 11.4. The molecule has 112 valence electrons. The maximum atomic E-state index is 12.1. The number of aromatic nitrogens is 4. The van der Waals surface area contributed by atoms with E-state index in [-0.39, 0.29) is 24.4 Å². The fourth-order valence-electron chi connectivity index (χ4n) is 1.81. The molecule has 0 unspecified atom stereocenters. The number of carbonyl (C=O) groups is 2. The summed E-state index contributed by atoms with van der Waals surface area (Å²) in [5.74, 6) is -0.661. The van der Waals surface area contributed by atoms with Gasteiger partial charge in [0.2, 0.25) is 6.41 Å². The van der Waals surface area contributed by atoms with Crippen molar-refractivity contribution in [2.45, 2.75) is 6.73 Å². The average molecular weight is 295 g/mol. The molecule has 2 rings (SSSR count). The highest BCUT2D eigenvalue weighted by molar-refractivity contribution is 5.74. The van der Waals surface area contributed by atoms with Crippen LogP contribution in [-0.4, -0.2) is 37.6 Å². The molecular formula is C11H13N5O5. The van der Waals surface area contributed by atoms with Crippen LogP contribution in [0.2, 0.25) is 0 Å². The van der Waals surface area contributed by atoms with Crippen LogP contribution in [0.15, 0.2) is 15.9 Å².